The Morgan fingerprint density at radius 1 is 1.44 bits per heavy atom. The van der Waals surface area contributed by atoms with E-state index in [1.165, 1.54) is 6.92 Å². The van der Waals surface area contributed by atoms with Gasteiger partial charge in [-0.25, -0.2) is 0 Å². The van der Waals surface area contributed by atoms with Crippen molar-refractivity contribution in [3.63, 3.8) is 0 Å². The zero-order valence-corrected chi connectivity index (χ0v) is 12.1. The highest BCUT2D eigenvalue weighted by Crippen LogP contribution is 2.18. The fourth-order valence-corrected chi connectivity index (χ4v) is 2.04. The number of halogens is 1. The molecule has 0 unspecified atom stereocenters. The molecule has 4 nitrogen and oxygen atoms in total. The first-order valence-corrected chi connectivity index (χ1v) is 6.65. The smallest absolute Gasteiger partial charge is 0.163 e. The summed E-state index contributed by atoms with van der Waals surface area (Å²) in [5.41, 5.74) is 0.618. The van der Waals surface area contributed by atoms with Gasteiger partial charge in [-0.15, -0.1) is 0 Å². The number of Topliss-reactive ketones (excluding diaryl/α,β-unsaturated/α-hetero) is 1. The number of carbonyl (C=O) groups is 1. The molecule has 18 heavy (non-hydrogen) atoms. The van der Waals surface area contributed by atoms with E-state index in [0.29, 0.717) is 24.5 Å². The van der Waals surface area contributed by atoms with E-state index in [1.807, 2.05) is 29.1 Å². The molecule has 2 aromatic rings. The minimum atomic E-state index is 0.0132. The third-order valence-electron chi connectivity index (χ3n) is 2.45. The van der Waals surface area contributed by atoms with Gasteiger partial charge in [0.1, 0.15) is 12.4 Å². The minimum Gasteiger partial charge on any atom is -0.491 e. The van der Waals surface area contributed by atoms with Crippen molar-refractivity contribution in [3.8, 4) is 5.75 Å². The zero-order chi connectivity index (χ0) is 13.0. The summed E-state index contributed by atoms with van der Waals surface area (Å²) < 4.78 is 8.54. The van der Waals surface area contributed by atoms with E-state index < -0.39 is 0 Å². The predicted molar refractivity (Wildman–Crippen MR) is 76.9 cm³/mol. The fraction of sp³-hybridized carbons (Fsp3) is 0.231. The molecule has 2 rings (SSSR count). The van der Waals surface area contributed by atoms with Gasteiger partial charge >= 0.3 is 0 Å². The van der Waals surface area contributed by atoms with Crippen molar-refractivity contribution in [3.05, 3.63) is 45.8 Å². The number of nitrogens with zero attached hydrogens (tertiary/aromatic N) is 2. The topological polar surface area (TPSA) is 44.1 Å². The molecule has 0 bridgehead atoms. The molecule has 0 aliphatic carbocycles. The van der Waals surface area contributed by atoms with Gasteiger partial charge in [0.2, 0.25) is 0 Å². The maximum absolute atomic E-state index is 11.4. The van der Waals surface area contributed by atoms with Crippen LogP contribution in [0.15, 0.2) is 36.7 Å². The highest BCUT2D eigenvalue weighted by Gasteiger charge is 2.07. The second kappa shape index (κ2) is 5.99. The molecule has 0 aliphatic rings. The van der Waals surface area contributed by atoms with Gasteiger partial charge in [-0.3, -0.25) is 9.48 Å². The summed E-state index contributed by atoms with van der Waals surface area (Å²) in [7, 11) is 0. The quantitative estimate of drug-likeness (QED) is 0.611. The van der Waals surface area contributed by atoms with Crippen LogP contribution in [-0.2, 0) is 6.54 Å². The fourth-order valence-electron chi connectivity index (χ4n) is 1.59. The second-order valence-electron chi connectivity index (χ2n) is 3.82. The standard InChI is InChI=1S/C13H13IN2O2/c1-10(17)12-4-2-3-5-13(12)18-7-6-16-9-11(14)8-15-16/h2-5,8-9H,6-7H2,1H3. The number of ether oxygens (including phenoxy) is 1. The molecule has 0 amide bonds. The van der Waals surface area contributed by atoms with Crippen LogP contribution in [0.3, 0.4) is 0 Å². The van der Waals surface area contributed by atoms with Crippen LogP contribution < -0.4 is 4.74 Å². The number of rotatable bonds is 5. The SMILES string of the molecule is CC(=O)c1ccccc1OCCn1cc(I)cn1. The molecular weight excluding hydrogens is 343 g/mol. The lowest BCUT2D eigenvalue weighted by Gasteiger charge is -2.09. The molecule has 1 heterocycles. The van der Waals surface area contributed by atoms with Gasteiger partial charge in [0.25, 0.3) is 0 Å². The van der Waals surface area contributed by atoms with Crippen molar-refractivity contribution in [1.82, 2.24) is 9.78 Å². The molecule has 0 saturated heterocycles. The first-order valence-electron chi connectivity index (χ1n) is 5.57. The zero-order valence-electron chi connectivity index (χ0n) is 9.97. The number of para-hydroxylation sites is 1. The largest absolute Gasteiger partial charge is 0.491 e. The van der Waals surface area contributed by atoms with E-state index in [-0.39, 0.29) is 5.78 Å². The molecule has 5 heteroatoms. The third kappa shape index (κ3) is 3.32. The normalized spacial score (nSPS) is 10.3. The Bertz CT molecular complexity index is 551. The summed E-state index contributed by atoms with van der Waals surface area (Å²) in [6, 6.07) is 7.27. The highest BCUT2D eigenvalue weighted by molar-refractivity contribution is 14.1. The molecular formula is C13H13IN2O2. The Morgan fingerprint density at radius 2 is 2.22 bits per heavy atom. The number of hydrogen-bond donors (Lipinski definition) is 0. The lowest BCUT2D eigenvalue weighted by atomic mass is 10.1. The van der Waals surface area contributed by atoms with E-state index in [1.54, 1.807) is 12.3 Å². The third-order valence-corrected chi connectivity index (χ3v) is 3.00. The monoisotopic (exact) mass is 356 g/mol. The molecule has 0 N–H and O–H groups in total. The van der Waals surface area contributed by atoms with Crippen LogP contribution in [0, 0.1) is 3.57 Å². The summed E-state index contributed by atoms with van der Waals surface area (Å²) in [6.07, 6.45) is 3.74. The second-order valence-corrected chi connectivity index (χ2v) is 5.07. The van der Waals surface area contributed by atoms with Gasteiger partial charge in [-0.1, -0.05) is 12.1 Å². The summed E-state index contributed by atoms with van der Waals surface area (Å²) in [6.45, 7) is 2.69. The number of ketones is 1. The molecule has 0 atom stereocenters. The molecule has 0 spiro atoms. The molecule has 94 valence electrons. The Morgan fingerprint density at radius 3 is 2.89 bits per heavy atom. The maximum atomic E-state index is 11.4. The molecule has 0 aliphatic heterocycles. The van der Waals surface area contributed by atoms with Crippen LogP contribution in [0.1, 0.15) is 17.3 Å². The van der Waals surface area contributed by atoms with Crippen molar-refractivity contribution in [2.75, 3.05) is 6.61 Å². The Balaban J connectivity index is 1.96. The van der Waals surface area contributed by atoms with E-state index >= 15 is 0 Å². The van der Waals surface area contributed by atoms with E-state index in [9.17, 15) is 4.79 Å². The Hall–Kier alpha value is -1.37. The van der Waals surface area contributed by atoms with Gasteiger partial charge in [-0.2, -0.15) is 5.10 Å². The van der Waals surface area contributed by atoms with Gasteiger partial charge in [-0.05, 0) is 41.6 Å². The van der Waals surface area contributed by atoms with Crippen molar-refractivity contribution in [2.24, 2.45) is 0 Å². The van der Waals surface area contributed by atoms with Crippen molar-refractivity contribution >= 4 is 28.4 Å². The van der Waals surface area contributed by atoms with E-state index in [2.05, 4.69) is 27.7 Å². The van der Waals surface area contributed by atoms with Crippen LogP contribution in [-0.4, -0.2) is 22.2 Å². The van der Waals surface area contributed by atoms with Gasteiger partial charge in [0.05, 0.1) is 21.9 Å². The molecule has 0 saturated carbocycles. The Labute approximate surface area is 119 Å². The summed E-state index contributed by atoms with van der Waals surface area (Å²) in [5, 5.41) is 4.17. The molecule has 0 radical (unpaired) electrons. The predicted octanol–water partition coefficient (Wildman–Crippen LogP) is 2.77. The average molecular weight is 356 g/mol. The lowest BCUT2D eigenvalue weighted by molar-refractivity contribution is 0.101. The molecule has 1 aromatic heterocycles. The van der Waals surface area contributed by atoms with Crippen molar-refractivity contribution in [2.45, 2.75) is 13.5 Å². The maximum Gasteiger partial charge on any atom is 0.163 e. The number of carbonyl (C=O) groups excluding carboxylic acids is 1. The van der Waals surface area contributed by atoms with Crippen molar-refractivity contribution < 1.29 is 9.53 Å². The summed E-state index contributed by atoms with van der Waals surface area (Å²) in [5.74, 6) is 0.645. The van der Waals surface area contributed by atoms with E-state index in [0.717, 1.165) is 3.57 Å². The van der Waals surface area contributed by atoms with Crippen molar-refractivity contribution in [1.29, 1.82) is 0 Å². The van der Waals surface area contributed by atoms with Crippen LogP contribution in [0.25, 0.3) is 0 Å². The number of benzene rings is 1. The van der Waals surface area contributed by atoms with E-state index in [4.69, 9.17) is 4.74 Å². The number of hydrogen-bond acceptors (Lipinski definition) is 3. The van der Waals surface area contributed by atoms with Gasteiger partial charge in [0.15, 0.2) is 5.78 Å². The summed E-state index contributed by atoms with van der Waals surface area (Å²) in [4.78, 5) is 11.4. The van der Waals surface area contributed by atoms with Gasteiger partial charge in [0, 0.05) is 6.20 Å². The highest BCUT2D eigenvalue weighted by atomic mass is 127. The number of aromatic nitrogens is 2. The van der Waals surface area contributed by atoms with Crippen LogP contribution in [0.4, 0.5) is 0 Å². The first-order chi connectivity index (χ1) is 8.66. The first kappa shape index (κ1) is 13.1. The van der Waals surface area contributed by atoms with Crippen LogP contribution in [0.2, 0.25) is 0 Å². The molecule has 0 fully saturated rings. The van der Waals surface area contributed by atoms with Crippen LogP contribution in [0.5, 0.6) is 5.75 Å². The Kier molecular flexibility index (Phi) is 4.35. The summed E-state index contributed by atoms with van der Waals surface area (Å²) >= 11 is 2.21. The lowest BCUT2D eigenvalue weighted by Crippen LogP contribution is -2.10. The van der Waals surface area contributed by atoms with Gasteiger partial charge < -0.3 is 4.74 Å². The average Bonchev–Trinajstić information content (AvgIpc) is 2.75. The minimum absolute atomic E-state index is 0.0132. The molecule has 1 aromatic carbocycles. The van der Waals surface area contributed by atoms with Crippen LogP contribution >= 0.6 is 22.6 Å².